The third-order valence-electron chi connectivity index (χ3n) is 2.60. The van der Waals surface area contributed by atoms with Gasteiger partial charge in [0.15, 0.2) is 0 Å². The zero-order chi connectivity index (χ0) is 13.7. The molecule has 2 N–H and O–H groups in total. The van der Waals surface area contributed by atoms with Crippen molar-refractivity contribution in [2.24, 2.45) is 0 Å². The van der Waals surface area contributed by atoms with Crippen molar-refractivity contribution in [2.45, 2.75) is 20.4 Å². The van der Waals surface area contributed by atoms with E-state index in [0.29, 0.717) is 11.3 Å². The van der Waals surface area contributed by atoms with Gasteiger partial charge in [0.1, 0.15) is 5.82 Å². The number of amides is 1. The average Bonchev–Trinajstić information content (AvgIpc) is 2.87. The molecule has 0 radical (unpaired) electrons. The molecule has 0 aliphatic heterocycles. The molecule has 19 heavy (non-hydrogen) atoms. The molecule has 0 unspecified atom stereocenters. The minimum Gasteiger partial charge on any atom is -0.370 e. The highest BCUT2D eigenvalue weighted by atomic mass is 16.1. The summed E-state index contributed by atoms with van der Waals surface area (Å²) in [4.78, 5) is 16.1. The summed E-state index contributed by atoms with van der Waals surface area (Å²) in [6.45, 7) is 5.55. The van der Waals surface area contributed by atoms with E-state index in [1.165, 1.54) is 0 Å². The third-order valence-corrected chi connectivity index (χ3v) is 2.60. The molecule has 0 saturated heterocycles. The first-order valence-corrected chi connectivity index (χ1v) is 6.26. The maximum absolute atomic E-state index is 12.0. The Morgan fingerprint density at radius 2 is 2.16 bits per heavy atom. The van der Waals surface area contributed by atoms with E-state index < -0.39 is 0 Å². The Balaban J connectivity index is 2.02. The summed E-state index contributed by atoms with van der Waals surface area (Å²) in [7, 11) is 0. The first-order valence-electron chi connectivity index (χ1n) is 6.26. The molecule has 2 aromatic heterocycles. The minimum atomic E-state index is -0.189. The van der Waals surface area contributed by atoms with E-state index >= 15 is 0 Å². The molecule has 2 aromatic rings. The van der Waals surface area contributed by atoms with Crippen molar-refractivity contribution < 1.29 is 4.79 Å². The van der Waals surface area contributed by atoms with Crippen molar-refractivity contribution in [1.82, 2.24) is 14.8 Å². The van der Waals surface area contributed by atoms with Gasteiger partial charge in [-0.05, 0) is 26.0 Å². The van der Waals surface area contributed by atoms with E-state index in [1.807, 2.05) is 13.8 Å². The highest BCUT2D eigenvalue weighted by molar-refractivity contribution is 6.04. The molecule has 0 aromatic carbocycles. The predicted molar refractivity (Wildman–Crippen MR) is 74.3 cm³/mol. The summed E-state index contributed by atoms with van der Waals surface area (Å²) in [6.07, 6.45) is 4.97. The largest absolute Gasteiger partial charge is 0.370 e. The third kappa shape index (κ3) is 3.31. The molecule has 2 heterocycles. The van der Waals surface area contributed by atoms with Gasteiger partial charge in [0.2, 0.25) is 0 Å². The number of carbonyl (C=O) groups is 1. The molecule has 0 atom stereocenters. The van der Waals surface area contributed by atoms with E-state index in [9.17, 15) is 4.79 Å². The number of nitrogens with one attached hydrogen (secondary N) is 2. The van der Waals surface area contributed by atoms with Gasteiger partial charge in [-0.15, -0.1) is 0 Å². The lowest BCUT2D eigenvalue weighted by Crippen LogP contribution is -2.12. The average molecular weight is 259 g/mol. The maximum Gasteiger partial charge on any atom is 0.257 e. The van der Waals surface area contributed by atoms with Crippen LogP contribution >= 0.6 is 0 Å². The Hall–Kier alpha value is -2.37. The zero-order valence-corrected chi connectivity index (χ0v) is 11.1. The van der Waals surface area contributed by atoms with Crippen LogP contribution in [0, 0.1) is 0 Å². The lowest BCUT2D eigenvalue weighted by atomic mass is 10.2. The predicted octanol–water partition coefficient (Wildman–Crippen LogP) is 1.98. The fraction of sp³-hybridized carbons (Fsp3) is 0.308. The minimum absolute atomic E-state index is 0.189. The molecular weight excluding hydrogens is 242 g/mol. The van der Waals surface area contributed by atoms with Gasteiger partial charge in [0.25, 0.3) is 5.91 Å². The quantitative estimate of drug-likeness (QED) is 0.861. The molecule has 1 amide bonds. The van der Waals surface area contributed by atoms with Crippen molar-refractivity contribution in [1.29, 1.82) is 0 Å². The number of rotatable bonds is 5. The first-order chi connectivity index (χ1) is 9.22. The fourth-order valence-electron chi connectivity index (χ4n) is 1.62. The van der Waals surface area contributed by atoms with E-state index in [-0.39, 0.29) is 5.91 Å². The van der Waals surface area contributed by atoms with Gasteiger partial charge in [0, 0.05) is 25.5 Å². The Morgan fingerprint density at radius 1 is 1.32 bits per heavy atom. The Morgan fingerprint density at radius 3 is 2.74 bits per heavy atom. The lowest BCUT2D eigenvalue weighted by Gasteiger charge is -2.04. The van der Waals surface area contributed by atoms with Gasteiger partial charge in [-0.25, -0.2) is 4.98 Å². The lowest BCUT2D eigenvalue weighted by molar-refractivity contribution is 0.102. The van der Waals surface area contributed by atoms with Crippen LogP contribution in [0.5, 0.6) is 0 Å². The Kier molecular flexibility index (Phi) is 4.12. The van der Waals surface area contributed by atoms with Gasteiger partial charge in [0.05, 0.1) is 17.4 Å². The van der Waals surface area contributed by atoms with Crippen molar-refractivity contribution in [3.63, 3.8) is 0 Å². The molecule has 0 bridgehead atoms. The van der Waals surface area contributed by atoms with E-state index in [4.69, 9.17) is 0 Å². The monoisotopic (exact) mass is 259 g/mol. The van der Waals surface area contributed by atoms with Crippen molar-refractivity contribution in [3.05, 3.63) is 36.3 Å². The van der Waals surface area contributed by atoms with E-state index in [0.717, 1.165) is 18.9 Å². The van der Waals surface area contributed by atoms with Crippen LogP contribution < -0.4 is 10.6 Å². The summed E-state index contributed by atoms with van der Waals surface area (Å²) in [5, 5.41) is 9.96. The molecule has 0 aliphatic rings. The second kappa shape index (κ2) is 5.99. The normalized spacial score (nSPS) is 10.2. The molecule has 0 spiro atoms. The van der Waals surface area contributed by atoms with Crippen LogP contribution in [0.4, 0.5) is 11.5 Å². The number of hydrogen-bond donors (Lipinski definition) is 2. The molecule has 0 fully saturated rings. The van der Waals surface area contributed by atoms with Crippen LogP contribution in [0.3, 0.4) is 0 Å². The molecule has 6 heteroatoms. The van der Waals surface area contributed by atoms with Crippen molar-refractivity contribution in [3.8, 4) is 0 Å². The molecule has 6 nitrogen and oxygen atoms in total. The van der Waals surface area contributed by atoms with Crippen LogP contribution in [0.1, 0.15) is 24.2 Å². The highest BCUT2D eigenvalue weighted by Gasteiger charge is 2.07. The van der Waals surface area contributed by atoms with Crippen molar-refractivity contribution in [2.75, 3.05) is 17.2 Å². The number of anilines is 2. The van der Waals surface area contributed by atoms with Gasteiger partial charge in [-0.3, -0.25) is 9.48 Å². The second-order valence-corrected chi connectivity index (χ2v) is 4.00. The standard InChI is InChI=1S/C13H17N5O/c1-3-14-12-6-5-10(7-15-12)13(19)17-11-8-16-18(4-2)9-11/h5-9H,3-4H2,1-2H3,(H,14,15)(H,17,19). The van der Waals surface area contributed by atoms with Crippen LogP contribution in [0.2, 0.25) is 0 Å². The molecular formula is C13H17N5O. The van der Waals surface area contributed by atoms with Crippen LogP contribution in [-0.4, -0.2) is 27.2 Å². The molecule has 100 valence electrons. The van der Waals surface area contributed by atoms with Crippen LogP contribution in [0.25, 0.3) is 0 Å². The number of carbonyl (C=O) groups excluding carboxylic acids is 1. The number of nitrogens with zero attached hydrogens (tertiary/aromatic N) is 3. The van der Waals surface area contributed by atoms with Crippen LogP contribution in [-0.2, 0) is 6.54 Å². The van der Waals surface area contributed by atoms with Gasteiger partial charge in [-0.1, -0.05) is 0 Å². The second-order valence-electron chi connectivity index (χ2n) is 4.00. The summed E-state index contributed by atoms with van der Waals surface area (Å²) >= 11 is 0. The topological polar surface area (TPSA) is 71.8 Å². The van der Waals surface area contributed by atoms with E-state index in [1.54, 1.807) is 35.4 Å². The molecule has 0 aliphatic carbocycles. The molecule has 2 rings (SSSR count). The van der Waals surface area contributed by atoms with E-state index in [2.05, 4.69) is 20.7 Å². The fourth-order valence-corrected chi connectivity index (χ4v) is 1.62. The summed E-state index contributed by atoms with van der Waals surface area (Å²) < 4.78 is 1.75. The van der Waals surface area contributed by atoms with Gasteiger partial charge >= 0.3 is 0 Å². The number of pyridine rings is 1. The van der Waals surface area contributed by atoms with Gasteiger partial charge < -0.3 is 10.6 Å². The number of hydrogen-bond acceptors (Lipinski definition) is 4. The van der Waals surface area contributed by atoms with Crippen LogP contribution in [0.15, 0.2) is 30.7 Å². The molecule has 0 saturated carbocycles. The maximum atomic E-state index is 12.0. The smallest absolute Gasteiger partial charge is 0.257 e. The summed E-state index contributed by atoms with van der Waals surface area (Å²) in [6, 6.07) is 3.53. The number of aromatic nitrogens is 3. The highest BCUT2D eigenvalue weighted by Crippen LogP contribution is 2.09. The summed E-state index contributed by atoms with van der Waals surface area (Å²) in [5.74, 6) is 0.573. The van der Waals surface area contributed by atoms with Crippen molar-refractivity contribution >= 4 is 17.4 Å². The Bertz CT molecular complexity index is 546. The van der Waals surface area contributed by atoms with Gasteiger partial charge in [-0.2, -0.15) is 5.10 Å². The Labute approximate surface area is 111 Å². The zero-order valence-electron chi connectivity index (χ0n) is 11.1. The summed E-state index contributed by atoms with van der Waals surface area (Å²) in [5.41, 5.74) is 1.20. The first kappa shape index (κ1) is 13.1. The number of aryl methyl sites for hydroxylation is 1. The SMILES string of the molecule is CCNc1ccc(C(=O)Nc2cnn(CC)c2)cn1.